The van der Waals surface area contributed by atoms with Crippen LogP contribution in [0, 0.1) is 0 Å². The van der Waals surface area contributed by atoms with Crippen LogP contribution >= 0.6 is 0 Å². The molecule has 1 aliphatic heterocycles. The number of aryl methyl sites for hydroxylation is 1. The quantitative estimate of drug-likeness (QED) is 0.705. The van der Waals surface area contributed by atoms with Crippen molar-refractivity contribution in [3.05, 3.63) is 16.8 Å². The summed E-state index contributed by atoms with van der Waals surface area (Å²) in [5.41, 5.74) is -0.340. The average Bonchev–Trinajstić information content (AvgIpc) is 2.86. The number of hydrogen-bond donors (Lipinski definition) is 1. The zero-order chi connectivity index (χ0) is 14.0. The topological polar surface area (TPSA) is 89.2 Å². The Labute approximate surface area is 110 Å². The predicted molar refractivity (Wildman–Crippen MR) is 66.3 cm³/mol. The monoisotopic (exact) mass is 267 g/mol. The number of hydrogen-bond acceptors (Lipinski definition) is 4. The molecule has 1 atom stereocenters. The number of carbonyl (C=O) groups excluding carboxylic acids is 2. The third-order valence-electron chi connectivity index (χ3n) is 3.14. The molecule has 0 radical (unpaired) electrons. The van der Waals surface area contributed by atoms with Gasteiger partial charge in [-0.1, -0.05) is 0 Å². The van der Waals surface area contributed by atoms with Crippen molar-refractivity contribution >= 4 is 11.8 Å². The van der Waals surface area contributed by atoms with Gasteiger partial charge in [0.1, 0.15) is 12.9 Å². The lowest BCUT2D eigenvalue weighted by Gasteiger charge is -2.14. The molecule has 8 nitrogen and oxygen atoms in total. The fourth-order valence-electron chi connectivity index (χ4n) is 2.11. The van der Waals surface area contributed by atoms with Gasteiger partial charge in [-0.2, -0.15) is 5.10 Å². The predicted octanol–water partition coefficient (Wildman–Crippen LogP) is -1.68. The maximum atomic E-state index is 11.8. The fraction of sp³-hybridized carbons (Fsp3) is 0.636. The summed E-state index contributed by atoms with van der Waals surface area (Å²) in [6.07, 6.45) is 1.67. The normalized spacial score (nSPS) is 18.9. The molecule has 0 saturated carbocycles. The number of amides is 2. The molecule has 0 spiro atoms. The summed E-state index contributed by atoms with van der Waals surface area (Å²) in [6.45, 7) is 2.94. The lowest BCUT2D eigenvalue weighted by molar-refractivity contribution is -0.127. The number of aromatic nitrogens is 3. The zero-order valence-corrected chi connectivity index (χ0v) is 11.0. The van der Waals surface area contributed by atoms with Crippen molar-refractivity contribution < 1.29 is 9.59 Å². The molecule has 19 heavy (non-hydrogen) atoms. The fourth-order valence-corrected chi connectivity index (χ4v) is 2.11. The van der Waals surface area contributed by atoms with Crippen LogP contribution in [0.5, 0.6) is 0 Å². The Bertz CT molecular complexity index is 547. The maximum absolute atomic E-state index is 11.8. The van der Waals surface area contributed by atoms with Gasteiger partial charge >= 0.3 is 5.69 Å². The molecule has 1 fully saturated rings. The Hall–Kier alpha value is -2.12. The number of likely N-dealkylation sites (tertiary alicyclic amines) is 1. The van der Waals surface area contributed by atoms with Gasteiger partial charge in [0, 0.05) is 26.6 Å². The highest BCUT2D eigenvalue weighted by molar-refractivity contribution is 5.82. The molecule has 0 aromatic carbocycles. The van der Waals surface area contributed by atoms with Crippen LogP contribution in [-0.4, -0.2) is 50.2 Å². The van der Waals surface area contributed by atoms with E-state index in [2.05, 4.69) is 10.4 Å². The Balaban J connectivity index is 1.91. The second-order valence-electron chi connectivity index (χ2n) is 4.58. The first-order valence-corrected chi connectivity index (χ1v) is 6.16. The van der Waals surface area contributed by atoms with Crippen LogP contribution in [0.15, 0.2) is 11.1 Å². The van der Waals surface area contributed by atoms with Crippen molar-refractivity contribution in [2.75, 3.05) is 13.1 Å². The molecule has 1 unspecified atom stereocenters. The molecule has 1 aliphatic rings. The van der Waals surface area contributed by atoms with Gasteiger partial charge in [0.05, 0.1) is 6.04 Å². The molecule has 0 aliphatic carbocycles. The molecule has 2 heterocycles. The Morgan fingerprint density at radius 3 is 2.79 bits per heavy atom. The molecule has 2 rings (SSSR count). The van der Waals surface area contributed by atoms with Crippen LogP contribution in [0.25, 0.3) is 0 Å². The summed E-state index contributed by atoms with van der Waals surface area (Å²) in [4.78, 5) is 36.5. The molecular weight excluding hydrogens is 250 g/mol. The largest absolute Gasteiger partial charge is 0.349 e. The molecule has 8 heteroatoms. The summed E-state index contributed by atoms with van der Waals surface area (Å²) in [6, 6.07) is -0.181. The van der Waals surface area contributed by atoms with Crippen molar-refractivity contribution in [1.29, 1.82) is 0 Å². The minimum Gasteiger partial charge on any atom is -0.349 e. The van der Waals surface area contributed by atoms with E-state index in [0.29, 0.717) is 19.5 Å². The first kappa shape index (κ1) is 13.3. The zero-order valence-electron chi connectivity index (χ0n) is 11.0. The molecule has 1 N–H and O–H groups in total. The molecule has 104 valence electrons. The van der Waals surface area contributed by atoms with E-state index < -0.39 is 0 Å². The smallest absolute Gasteiger partial charge is 0.345 e. The molecule has 2 amide bonds. The van der Waals surface area contributed by atoms with E-state index >= 15 is 0 Å². The van der Waals surface area contributed by atoms with Gasteiger partial charge in [-0.3, -0.25) is 14.2 Å². The van der Waals surface area contributed by atoms with E-state index in [4.69, 9.17) is 0 Å². The minimum absolute atomic E-state index is 0.0443. The Kier molecular flexibility index (Phi) is 3.68. The van der Waals surface area contributed by atoms with Gasteiger partial charge in [-0.25, -0.2) is 9.48 Å². The van der Waals surface area contributed by atoms with E-state index in [-0.39, 0.29) is 30.1 Å². The molecular formula is C11H17N5O3. The van der Waals surface area contributed by atoms with E-state index in [1.165, 1.54) is 10.9 Å². The minimum atomic E-state index is -0.340. The molecule has 1 aromatic rings. The highest BCUT2D eigenvalue weighted by Crippen LogP contribution is 2.10. The second kappa shape index (κ2) is 5.25. The molecule has 1 aromatic heterocycles. The van der Waals surface area contributed by atoms with E-state index in [1.807, 2.05) is 6.92 Å². The van der Waals surface area contributed by atoms with Crippen molar-refractivity contribution in [2.24, 2.45) is 7.05 Å². The van der Waals surface area contributed by atoms with Crippen LogP contribution in [0.3, 0.4) is 0 Å². The summed E-state index contributed by atoms with van der Waals surface area (Å²) < 4.78 is 2.38. The van der Waals surface area contributed by atoms with Crippen molar-refractivity contribution in [3.8, 4) is 0 Å². The second-order valence-corrected chi connectivity index (χ2v) is 4.58. The lowest BCUT2D eigenvalue weighted by atomic mass is 10.2. The summed E-state index contributed by atoms with van der Waals surface area (Å²) >= 11 is 0. The van der Waals surface area contributed by atoms with Gasteiger partial charge in [-0.05, 0) is 6.92 Å². The highest BCUT2D eigenvalue weighted by atomic mass is 16.2. The van der Waals surface area contributed by atoms with E-state index in [0.717, 1.165) is 4.68 Å². The number of rotatable bonds is 4. The maximum Gasteiger partial charge on any atom is 0.345 e. The van der Waals surface area contributed by atoms with Crippen molar-refractivity contribution in [2.45, 2.75) is 25.9 Å². The van der Waals surface area contributed by atoms with Gasteiger partial charge < -0.3 is 10.2 Å². The van der Waals surface area contributed by atoms with Gasteiger partial charge in [0.15, 0.2) is 0 Å². The van der Waals surface area contributed by atoms with Gasteiger partial charge in [0.2, 0.25) is 11.8 Å². The third kappa shape index (κ3) is 2.83. The van der Waals surface area contributed by atoms with Crippen LogP contribution in [-0.2, 0) is 23.2 Å². The number of nitrogens with zero attached hydrogens (tertiary/aromatic N) is 4. The van der Waals surface area contributed by atoms with Crippen molar-refractivity contribution in [3.63, 3.8) is 0 Å². The highest BCUT2D eigenvalue weighted by Gasteiger charge is 2.29. The Morgan fingerprint density at radius 2 is 2.26 bits per heavy atom. The van der Waals surface area contributed by atoms with Gasteiger partial charge in [0.25, 0.3) is 0 Å². The number of carbonyl (C=O) groups is 2. The van der Waals surface area contributed by atoms with Crippen LogP contribution in [0.4, 0.5) is 0 Å². The summed E-state index contributed by atoms with van der Waals surface area (Å²) in [7, 11) is 1.57. The SMILES string of the molecule is CCN1CC(NC(=O)Cn2ncn(C)c2=O)CC1=O. The Morgan fingerprint density at radius 1 is 1.53 bits per heavy atom. The standard InChI is InChI=1S/C11H17N5O3/c1-3-15-5-8(4-10(15)18)13-9(17)6-16-11(19)14(2)7-12-16/h7-8H,3-6H2,1-2H3,(H,13,17). The molecule has 1 saturated heterocycles. The van der Waals surface area contributed by atoms with Crippen molar-refractivity contribution in [1.82, 2.24) is 24.6 Å². The average molecular weight is 267 g/mol. The van der Waals surface area contributed by atoms with Crippen LogP contribution in [0.1, 0.15) is 13.3 Å². The number of likely N-dealkylation sites (N-methyl/N-ethyl adjacent to an activating group) is 1. The third-order valence-corrected chi connectivity index (χ3v) is 3.14. The van der Waals surface area contributed by atoms with E-state index in [9.17, 15) is 14.4 Å². The molecule has 0 bridgehead atoms. The van der Waals surface area contributed by atoms with E-state index in [1.54, 1.807) is 11.9 Å². The van der Waals surface area contributed by atoms with Gasteiger partial charge in [-0.15, -0.1) is 0 Å². The number of nitrogens with one attached hydrogen (secondary N) is 1. The lowest BCUT2D eigenvalue weighted by Crippen LogP contribution is -2.40. The van der Waals surface area contributed by atoms with Crippen LogP contribution in [0.2, 0.25) is 0 Å². The summed E-state index contributed by atoms with van der Waals surface area (Å²) in [5.74, 6) is -0.264. The first-order chi connectivity index (χ1) is 9.01. The summed E-state index contributed by atoms with van der Waals surface area (Å²) in [5, 5.41) is 6.55. The van der Waals surface area contributed by atoms with Crippen LogP contribution < -0.4 is 11.0 Å². The first-order valence-electron chi connectivity index (χ1n) is 6.16.